The number of amides is 1. The standard InChI is InChI=1S/C10H17NO3/c1-3-14-10(13)5-4-9(12)11-8-6-7(8)2/h7-8H,3-6H2,1-2H3,(H,11,12). The lowest BCUT2D eigenvalue weighted by atomic mass is 10.3. The molecule has 0 aromatic carbocycles. The third-order valence-electron chi connectivity index (χ3n) is 2.32. The molecular formula is C10H17NO3. The van der Waals surface area contributed by atoms with Crippen LogP contribution in [0.25, 0.3) is 0 Å². The molecule has 2 unspecified atom stereocenters. The van der Waals surface area contributed by atoms with Crippen LogP contribution in [0.5, 0.6) is 0 Å². The van der Waals surface area contributed by atoms with Gasteiger partial charge >= 0.3 is 5.97 Å². The molecule has 80 valence electrons. The van der Waals surface area contributed by atoms with E-state index in [2.05, 4.69) is 12.2 Å². The monoisotopic (exact) mass is 199 g/mol. The minimum absolute atomic E-state index is 0.0487. The highest BCUT2D eigenvalue weighted by Gasteiger charge is 2.33. The Hall–Kier alpha value is -1.06. The first kappa shape index (κ1) is 11.0. The summed E-state index contributed by atoms with van der Waals surface area (Å²) in [5, 5.41) is 2.85. The molecule has 0 aromatic heterocycles. The highest BCUT2D eigenvalue weighted by Crippen LogP contribution is 2.28. The Morgan fingerprint density at radius 2 is 2.07 bits per heavy atom. The van der Waals surface area contributed by atoms with Crippen molar-refractivity contribution in [2.24, 2.45) is 5.92 Å². The van der Waals surface area contributed by atoms with Crippen molar-refractivity contribution < 1.29 is 14.3 Å². The average molecular weight is 199 g/mol. The van der Waals surface area contributed by atoms with Gasteiger partial charge < -0.3 is 10.1 Å². The van der Waals surface area contributed by atoms with E-state index in [1.54, 1.807) is 6.92 Å². The van der Waals surface area contributed by atoms with Crippen LogP contribution in [0.1, 0.15) is 33.1 Å². The van der Waals surface area contributed by atoms with E-state index in [9.17, 15) is 9.59 Å². The molecule has 4 heteroatoms. The van der Waals surface area contributed by atoms with Crippen molar-refractivity contribution >= 4 is 11.9 Å². The number of hydrogen-bond donors (Lipinski definition) is 1. The SMILES string of the molecule is CCOC(=O)CCC(=O)NC1CC1C. The van der Waals surface area contributed by atoms with Gasteiger partial charge in [-0.25, -0.2) is 0 Å². The molecule has 0 radical (unpaired) electrons. The Morgan fingerprint density at radius 3 is 2.57 bits per heavy atom. The minimum atomic E-state index is -0.300. The molecule has 0 heterocycles. The molecule has 1 aliphatic carbocycles. The molecule has 1 fully saturated rings. The molecule has 1 amide bonds. The van der Waals surface area contributed by atoms with Gasteiger partial charge in [0.25, 0.3) is 0 Å². The summed E-state index contributed by atoms with van der Waals surface area (Å²) < 4.78 is 4.72. The topological polar surface area (TPSA) is 55.4 Å². The van der Waals surface area contributed by atoms with Crippen molar-refractivity contribution in [1.82, 2.24) is 5.32 Å². The fourth-order valence-corrected chi connectivity index (χ4v) is 1.25. The second-order valence-corrected chi connectivity index (χ2v) is 3.69. The van der Waals surface area contributed by atoms with Crippen LogP contribution in [0.3, 0.4) is 0 Å². The van der Waals surface area contributed by atoms with Gasteiger partial charge in [0.2, 0.25) is 5.91 Å². The zero-order valence-electron chi connectivity index (χ0n) is 8.71. The second kappa shape index (κ2) is 4.98. The van der Waals surface area contributed by atoms with Gasteiger partial charge in [-0.2, -0.15) is 0 Å². The summed E-state index contributed by atoms with van der Waals surface area (Å²) in [6.45, 7) is 4.22. The van der Waals surface area contributed by atoms with Crippen LogP contribution in [0, 0.1) is 5.92 Å². The van der Waals surface area contributed by atoms with E-state index in [4.69, 9.17) is 4.74 Å². The van der Waals surface area contributed by atoms with Crippen LogP contribution in [0.2, 0.25) is 0 Å². The van der Waals surface area contributed by atoms with E-state index in [1.165, 1.54) is 0 Å². The van der Waals surface area contributed by atoms with Gasteiger partial charge in [-0.15, -0.1) is 0 Å². The third kappa shape index (κ3) is 3.77. The van der Waals surface area contributed by atoms with E-state index in [0.717, 1.165) is 6.42 Å². The Bertz CT molecular complexity index is 227. The molecule has 0 aliphatic heterocycles. The molecule has 1 aliphatic rings. The van der Waals surface area contributed by atoms with Gasteiger partial charge in [0, 0.05) is 12.5 Å². The fraction of sp³-hybridized carbons (Fsp3) is 0.800. The number of esters is 1. The molecule has 1 rings (SSSR count). The Balaban J connectivity index is 2.05. The Morgan fingerprint density at radius 1 is 1.43 bits per heavy atom. The van der Waals surface area contributed by atoms with Crippen LogP contribution in [-0.4, -0.2) is 24.5 Å². The van der Waals surface area contributed by atoms with Crippen molar-refractivity contribution in [2.45, 2.75) is 39.2 Å². The van der Waals surface area contributed by atoms with Gasteiger partial charge in [0.1, 0.15) is 0 Å². The van der Waals surface area contributed by atoms with Crippen LogP contribution >= 0.6 is 0 Å². The third-order valence-corrected chi connectivity index (χ3v) is 2.32. The smallest absolute Gasteiger partial charge is 0.306 e. The molecular weight excluding hydrogens is 182 g/mol. The molecule has 14 heavy (non-hydrogen) atoms. The summed E-state index contributed by atoms with van der Waals surface area (Å²) in [5.41, 5.74) is 0. The van der Waals surface area contributed by atoms with Crippen LogP contribution in [-0.2, 0) is 14.3 Å². The summed E-state index contributed by atoms with van der Waals surface area (Å²) in [7, 11) is 0. The molecule has 0 bridgehead atoms. The zero-order chi connectivity index (χ0) is 10.6. The predicted molar refractivity (Wildman–Crippen MR) is 51.6 cm³/mol. The van der Waals surface area contributed by atoms with Crippen molar-refractivity contribution in [3.05, 3.63) is 0 Å². The van der Waals surface area contributed by atoms with E-state index in [-0.39, 0.29) is 24.7 Å². The minimum Gasteiger partial charge on any atom is -0.466 e. The first-order valence-electron chi connectivity index (χ1n) is 5.08. The van der Waals surface area contributed by atoms with E-state index >= 15 is 0 Å². The lowest BCUT2D eigenvalue weighted by Gasteiger charge is -2.03. The van der Waals surface area contributed by atoms with Crippen molar-refractivity contribution in [1.29, 1.82) is 0 Å². The van der Waals surface area contributed by atoms with Crippen LogP contribution < -0.4 is 5.32 Å². The van der Waals surface area contributed by atoms with Gasteiger partial charge in [-0.1, -0.05) is 6.92 Å². The lowest BCUT2D eigenvalue weighted by molar-refractivity contribution is -0.144. The van der Waals surface area contributed by atoms with Gasteiger partial charge in [-0.3, -0.25) is 9.59 Å². The highest BCUT2D eigenvalue weighted by atomic mass is 16.5. The number of nitrogens with one attached hydrogen (secondary N) is 1. The summed E-state index contributed by atoms with van der Waals surface area (Å²) in [6.07, 6.45) is 1.48. The first-order valence-corrected chi connectivity index (χ1v) is 5.08. The second-order valence-electron chi connectivity index (χ2n) is 3.69. The number of ether oxygens (including phenoxy) is 1. The molecule has 0 spiro atoms. The predicted octanol–water partition coefficient (Wildman–Crippen LogP) is 0.854. The van der Waals surface area contributed by atoms with Crippen molar-refractivity contribution in [2.75, 3.05) is 6.61 Å². The largest absolute Gasteiger partial charge is 0.466 e. The van der Waals surface area contributed by atoms with E-state index in [0.29, 0.717) is 18.6 Å². The molecule has 0 saturated heterocycles. The quantitative estimate of drug-likeness (QED) is 0.668. The molecule has 1 saturated carbocycles. The van der Waals surface area contributed by atoms with Gasteiger partial charge in [0.05, 0.1) is 13.0 Å². The lowest BCUT2D eigenvalue weighted by Crippen LogP contribution is -2.27. The van der Waals surface area contributed by atoms with Crippen molar-refractivity contribution in [3.63, 3.8) is 0 Å². The molecule has 2 atom stereocenters. The summed E-state index contributed by atoms with van der Waals surface area (Å²) >= 11 is 0. The highest BCUT2D eigenvalue weighted by molar-refractivity contribution is 5.81. The van der Waals surface area contributed by atoms with Crippen molar-refractivity contribution in [3.8, 4) is 0 Å². The summed E-state index contributed by atoms with van der Waals surface area (Å²) in [6, 6.07) is 0.338. The number of carbonyl (C=O) groups is 2. The molecule has 4 nitrogen and oxygen atoms in total. The maximum Gasteiger partial charge on any atom is 0.306 e. The summed E-state index contributed by atoms with van der Waals surface area (Å²) in [4.78, 5) is 22.1. The maximum atomic E-state index is 11.2. The number of rotatable bonds is 5. The number of carbonyl (C=O) groups excluding carboxylic acids is 2. The zero-order valence-corrected chi connectivity index (χ0v) is 8.71. The first-order chi connectivity index (χ1) is 6.63. The molecule has 0 aromatic rings. The number of hydrogen-bond acceptors (Lipinski definition) is 3. The van der Waals surface area contributed by atoms with Crippen LogP contribution in [0.15, 0.2) is 0 Å². The van der Waals surface area contributed by atoms with Crippen LogP contribution in [0.4, 0.5) is 0 Å². The van der Waals surface area contributed by atoms with Gasteiger partial charge in [0.15, 0.2) is 0 Å². The Labute approximate surface area is 84.0 Å². The normalized spacial score (nSPS) is 24.1. The average Bonchev–Trinajstić information content (AvgIpc) is 2.79. The van der Waals surface area contributed by atoms with E-state index < -0.39 is 0 Å². The fourth-order valence-electron chi connectivity index (χ4n) is 1.25. The van der Waals surface area contributed by atoms with Gasteiger partial charge in [-0.05, 0) is 19.3 Å². The molecule has 1 N–H and O–H groups in total. The maximum absolute atomic E-state index is 11.2. The Kier molecular flexibility index (Phi) is 3.92. The van der Waals surface area contributed by atoms with E-state index in [1.807, 2.05) is 0 Å². The summed E-state index contributed by atoms with van der Waals surface area (Å²) in [5.74, 6) is 0.250.